The predicted molar refractivity (Wildman–Crippen MR) is 107 cm³/mol. The second kappa shape index (κ2) is 9.76. The van der Waals surface area contributed by atoms with Gasteiger partial charge in [0.05, 0.1) is 18.7 Å². The number of hydrogen-bond acceptors (Lipinski definition) is 3. The number of carbonyl (C=O) groups excluding carboxylic acids is 2. The van der Waals surface area contributed by atoms with Crippen LogP contribution < -0.4 is 10.6 Å². The van der Waals surface area contributed by atoms with Crippen LogP contribution in [0, 0.1) is 6.92 Å². The monoisotopic (exact) mass is 427 g/mol. The fourth-order valence-electron chi connectivity index (χ4n) is 2.58. The van der Waals surface area contributed by atoms with Crippen molar-refractivity contribution in [2.45, 2.75) is 20.0 Å². The Bertz CT molecular complexity index is 888. The molecule has 2 amide bonds. The third-order valence-corrected chi connectivity index (χ3v) is 4.36. The first-order chi connectivity index (χ1) is 13.6. The van der Waals surface area contributed by atoms with Gasteiger partial charge in [-0.15, -0.1) is 0 Å². The van der Waals surface area contributed by atoms with Gasteiger partial charge in [-0.2, -0.15) is 13.2 Å². The number of aryl methyl sites for hydroxylation is 1. The summed E-state index contributed by atoms with van der Waals surface area (Å²) >= 11 is 5.93. The maximum Gasteiger partial charge on any atom is 0.416 e. The minimum Gasteiger partial charge on any atom is -0.325 e. The molecule has 0 heterocycles. The Morgan fingerprint density at radius 3 is 2.31 bits per heavy atom. The summed E-state index contributed by atoms with van der Waals surface area (Å²) in [6.07, 6.45) is -4.49. The van der Waals surface area contributed by atoms with Gasteiger partial charge in [0.15, 0.2) is 0 Å². The summed E-state index contributed by atoms with van der Waals surface area (Å²) in [5, 5.41) is 5.65. The molecule has 0 aliphatic heterocycles. The van der Waals surface area contributed by atoms with Crippen molar-refractivity contribution in [2.24, 2.45) is 0 Å². The fourth-order valence-corrected chi connectivity index (χ4v) is 2.75. The topological polar surface area (TPSA) is 61.4 Å². The van der Waals surface area contributed by atoms with E-state index in [-0.39, 0.29) is 24.7 Å². The predicted octanol–water partition coefficient (Wildman–Crippen LogP) is 4.57. The number of benzene rings is 2. The van der Waals surface area contributed by atoms with Crippen LogP contribution in [0.15, 0.2) is 42.5 Å². The SMILES string of the molecule is CCN(CC(=O)Nc1cccc(C(F)(F)F)c1)CC(=O)Nc1cc(Cl)ccc1C. The molecule has 2 rings (SSSR count). The molecule has 0 atom stereocenters. The van der Waals surface area contributed by atoms with Gasteiger partial charge in [-0.05, 0) is 49.4 Å². The van der Waals surface area contributed by atoms with Gasteiger partial charge in [0, 0.05) is 16.4 Å². The van der Waals surface area contributed by atoms with Crippen LogP contribution >= 0.6 is 11.6 Å². The molecule has 0 aromatic heterocycles. The Balaban J connectivity index is 1.94. The Morgan fingerprint density at radius 1 is 1.03 bits per heavy atom. The molecule has 0 aliphatic rings. The maximum atomic E-state index is 12.8. The van der Waals surface area contributed by atoms with E-state index in [1.165, 1.54) is 12.1 Å². The molecule has 5 nitrogen and oxygen atoms in total. The molecule has 2 aromatic carbocycles. The summed E-state index contributed by atoms with van der Waals surface area (Å²) in [7, 11) is 0. The largest absolute Gasteiger partial charge is 0.416 e. The molecule has 0 fully saturated rings. The molecular weight excluding hydrogens is 407 g/mol. The third-order valence-electron chi connectivity index (χ3n) is 4.13. The number of likely N-dealkylation sites (N-methyl/N-ethyl adjacent to an activating group) is 1. The van der Waals surface area contributed by atoms with Crippen molar-refractivity contribution in [3.8, 4) is 0 Å². The molecule has 2 N–H and O–H groups in total. The van der Waals surface area contributed by atoms with Gasteiger partial charge in [0.1, 0.15) is 0 Å². The molecule has 0 saturated heterocycles. The van der Waals surface area contributed by atoms with Gasteiger partial charge in [0.2, 0.25) is 11.8 Å². The Kier molecular flexibility index (Phi) is 7.64. The zero-order valence-electron chi connectivity index (χ0n) is 15.9. The van der Waals surface area contributed by atoms with Crippen LogP contribution in [0.2, 0.25) is 5.02 Å². The van der Waals surface area contributed by atoms with Crippen LogP contribution in [0.25, 0.3) is 0 Å². The van der Waals surface area contributed by atoms with Gasteiger partial charge in [-0.3, -0.25) is 14.5 Å². The highest BCUT2D eigenvalue weighted by molar-refractivity contribution is 6.31. The highest BCUT2D eigenvalue weighted by Crippen LogP contribution is 2.30. The second-order valence-electron chi connectivity index (χ2n) is 6.44. The summed E-state index contributed by atoms with van der Waals surface area (Å²) < 4.78 is 38.3. The number of alkyl halides is 3. The molecular formula is C20H21ClF3N3O2. The zero-order valence-corrected chi connectivity index (χ0v) is 16.7. The van der Waals surface area contributed by atoms with Crippen LogP contribution in [-0.2, 0) is 15.8 Å². The van der Waals surface area contributed by atoms with Crippen molar-refractivity contribution in [1.82, 2.24) is 4.90 Å². The Labute approximate surface area is 171 Å². The number of nitrogens with zero attached hydrogens (tertiary/aromatic N) is 1. The first-order valence-corrected chi connectivity index (χ1v) is 9.21. The van der Waals surface area contributed by atoms with Crippen molar-refractivity contribution in [3.63, 3.8) is 0 Å². The molecule has 0 bridgehead atoms. The average molecular weight is 428 g/mol. The molecule has 0 saturated carbocycles. The third kappa shape index (κ3) is 7.07. The first kappa shape index (κ1) is 22.7. The molecule has 0 aliphatic carbocycles. The highest BCUT2D eigenvalue weighted by atomic mass is 35.5. The van der Waals surface area contributed by atoms with Gasteiger partial charge in [0.25, 0.3) is 0 Å². The standard InChI is InChI=1S/C20H21ClF3N3O2/c1-3-27(12-19(29)26-17-10-15(21)8-7-13(17)2)11-18(28)25-16-6-4-5-14(9-16)20(22,23)24/h4-10H,3,11-12H2,1-2H3,(H,25,28)(H,26,29). The van der Waals surface area contributed by atoms with Crippen molar-refractivity contribution in [3.05, 3.63) is 58.6 Å². The van der Waals surface area contributed by atoms with E-state index < -0.39 is 17.6 Å². The van der Waals surface area contributed by atoms with Crippen LogP contribution in [0.1, 0.15) is 18.1 Å². The number of carbonyl (C=O) groups is 2. The van der Waals surface area contributed by atoms with Crippen LogP contribution in [-0.4, -0.2) is 36.3 Å². The summed E-state index contributed by atoms with van der Waals surface area (Å²) in [5.41, 5.74) is 0.610. The number of nitrogens with one attached hydrogen (secondary N) is 2. The quantitative estimate of drug-likeness (QED) is 0.680. The molecule has 2 aromatic rings. The molecule has 9 heteroatoms. The normalized spacial score (nSPS) is 11.4. The van der Waals surface area contributed by atoms with E-state index in [1.54, 1.807) is 30.0 Å². The van der Waals surface area contributed by atoms with Gasteiger partial charge in [-0.1, -0.05) is 30.7 Å². The molecule has 0 unspecified atom stereocenters. The molecule has 29 heavy (non-hydrogen) atoms. The van der Waals surface area contributed by atoms with E-state index in [1.807, 2.05) is 6.92 Å². The van der Waals surface area contributed by atoms with Crippen LogP contribution in [0.5, 0.6) is 0 Å². The number of anilines is 2. The van der Waals surface area contributed by atoms with E-state index >= 15 is 0 Å². The summed E-state index contributed by atoms with van der Waals surface area (Å²) in [4.78, 5) is 26.1. The summed E-state index contributed by atoms with van der Waals surface area (Å²) in [6.45, 7) is 3.80. The van der Waals surface area contributed by atoms with E-state index in [0.29, 0.717) is 17.3 Å². The van der Waals surface area contributed by atoms with Gasteiger partial charge >= 0.3 is 6.18 Å². The fraction of sp³-hybridized carbons (Fsp3) is 0.300. The number of halogens is 4. The average Bonchev–Trinajstić information content (AvgIpc) is 2.63. The van der Waals surface area contributed by atoms with Crippen molar-refractivity contribution in [2.75, 3.05) is 30.3 Å². The van der Waals surface area contributed by atoms with Crippen LogP contribution in [0.3, 0.4) is 0 Å². The lowest BCUT2D eigenvalue weighted by atomic mass is 10.2. The Hall–Kier alpha value is -2.58. The number of rotatable bonds is 7. The lowest BCUT2D eigenvalue weighted by molar-refractivity contribution is -0.137. The Morgan fingerprint density at radius 2 is 1.69 bits per heavy atom. The first-order valence-electron chi connectivity index (χ1n) is 8.84. The minimum atomic E-state index is -4.49. The lowest BCUT2D eigenvalue weighted by Gasteiger charge is -2.20. The van der Waals surface area contributed by atoms with Crippen LogP contribution in [0.4, 0.5) is 24.5 Å². The highest BCUT2D eigenvalue weighted by Gasteiger charge is 2.30. The van der Waals surface area contributed by atoms with Crippen molar-refractivity contribution < 1.29 is 22.8 Å². The van der Waals surface area contributed by atoms with Gasteiger partial charge < -0.3 is 10.6 Å². The number of hydrogen-bond donors (Lipinski definition) is 2. The van der Waals surface area contributed by atoms with E-state index in [9.17, 15) is 22.8 Å². The second-order valence-corrected chi connectivity index (χ2v) is 6.87. The summed E-state index contributed by atoms with van der Waals surface area (Å²) in [6, 6.07) is 9.50. The minimum absolute atomic E-state index is 0.0416. The molecule has 0 radical (unpaired) electrons. The number of amides is 2. The van der Waals surface area contributed by atoms with E-state index in [2.05, 4.69) is 10.6 Å². The molecule has 156 valence electrons. The smallest absolute Gasteiger partial charge is 0.325 e. The van der Waals surface area contributed by atoms with E-state index in [4.69, 9.17) is 11.6 Å². The zero-order chi connectivity index (χ0) is 21.6. The summed E-state index contributed by atoms with van der Waals surface area (Å²) in [5.74, 6) is -0.845. The molecule has 0 spiro atoms. The van der Waals surface area contributed by atoms with E-state index in [0.717, 1.165) is 17.7 Å². The van der Waals surface area contributed by atoms with Crippen molar-refractivity contribution >= 4 is 34.8 Å². The maximum absolute atomic E-state index is 12.8. The van der Waals surface area contributed by atoms with Crippen molar-refractivity contribution in [1.29, 1.82) is 0 Å². The van der Waals surface area contributed by atoms with Gasteiger partial charge in [-0.25, -0.2) is 0 Å². The lowest BCUT2D eigenvalue weighted by Crippen LogP contribution is -2.38.